The summed E-state index contributed by atoms with van der Waals surface area (Å²) in [6.07, 6.45) is 3.40. The van der Waals surface area contributed by atoms with Crippen LogP contribution < -0.4 is 9.57 Å². The second-order valence-electron chi connectivity index (χ2n) is 9.72. The van der Waals surface area contributed by atoms with Gasteiger partial charge in [0.05, 0.1) is 43.9 Å². The van der Waals surface area contributed by atoms with Crippen molar-refractivity contribution >= 4 is 44.1 Å². The highest BCUT2D eigenvalue weighted by molar-refractivity contribution is 7.21. The number of likely N-dealkylation sites (tertiary alicyclic amines) is 1. The van der Waals surface area contributed by atoms with Crippen LogP contribution in [0.4, 0.5) is 10.1 Å². The molecule has 1 amide bonds. The van der Waals surface area contributed by atoms with Gasteiger partial charge in [0, 0.05) is 43.4 Å². The Balaban J connectivity index is 1.28. The third-order valence-electron chi connectivity index (χ3n) is 7.06. The summed E-state index contributed by atoms with van der Waals surface area (Å²) in [5, 5.41) is 11.2. The van der Waals surface area contributed by atoms with E-state index in [1.165, 1.54) is 46.4 Å². The van der Waals surface area contributed by atoms with Crippen LogP contribution in [0.3, 0.4) is 0 Å². The first-order valence-electron chi connectivity index (χ1n) is 12.9. The standard InChI is InChI=1S/C29H25FN4O6S/c1-17-14-21-23(33(17)40-20-7-5-18(6-8-20)34(36)37)9-10-24(27(21)30)39-25-11-12-31-22-15-26(41-28(22)25)29(35)32-13-3-4-19(32)16-38-2/h5-12,14-15,19H,3-4,13,16H2,1-2H3. The number of aryl methyl sites for hydroxylation is 1. The number of benzene rings is 2. The number of fused-ring (bicyclic) bond motifs is 2. The third-order valence-corrected chi connectivity index (χ3v) is 8.19. The van der Waals surface area contributed by atoms with Gasteiger partial charge >= 0.3 is 0 Å². The van der Waals surface area contributed by atoms with Crippen LogP contribution in [0.15, 0.2) is 60.8 Å². The number of aromatic nitrogens is 2. The average Bonchev–Trinajstić information content (AvgIpc) is 3.69. The molecule has 1 fully saturated rings. The third kappa shape index (κ3) is 4.96. The van der Waals surface area contributed by atoms with Crippen molar-refractivity contribution in [3.8, 4) is 17.2 Å². The molecule has 4 heterocycles. The number of ether oxygens (including phenoxy) is 2. The van der Waals surface area contributed by atoms with Gasteiger partial charge in [0.1, 0.15) is 5.75 Å². The normalized spacial score (nSPS) is 15.1. The molecule has 1 atom stereocenters. The molecule has 0 radical (unpaired) electrons. The van der Waals surface area contributed by atoms with E-state index in [9.17, 15) is 14.9 Å². The van der Waals surface area contributed by atoms with E-state index >= 15 is 4.39 Å². The number of thiophene rings is 1. The molecule has 0 aliphatic carbocycles. The van der Waals surface area contributed by atoms with Crippen LogP contribution in [-0.4, -0.2) is 51.7 Å². The number of nitro benzene ring substituents is 1. The fraction of sp³-hybridized carbons (Fsp3) is 0.241. The zero-order chi connectivity index (χ0) is 28.7. The van der Waals surface area contributed by atoms with Crippen LogP contribution in [0.5, 0.6) is 17.2 Å². The molecule has 1 aliphatic heterocycles. The highest BCUT2D eigenvalue weighted by Crippen LogP contribution is 2.38. The van der Waals surface area contributed by atoms with Crippen LogP contribution in [0.1, 0.15) is 28.2 Å². The van der Waals surface area contributed by atoms with Crippen molar-refractivity contribution in [3.05, 3.63) is 87.3 Å². The molecule has 10 nitrogen and oxygen atoms in total. The highest BCUT2D eigenvalue weighted by Gasteiger charge is 2.30. The van der Waals surface area contributed by atoms with E-state index in [0.717, 1.165) is 12.8 Å². The quantitative estimate of drug-likeness (QED) is 0.153. The first-order valence-corrected chi connectivity index (χ1v) is 13.8. The molecule has 1 saturated heterocycles. The van der Waals surface area contributed by atoms with E-state index in [4.69, 9.17) is 14.3 Å². The van der Waals surface area contributed by atoms with Crippen molar-refractivity contribution in [2.45, 2.75) is 25.8 Å². The molecule has 12 heteroatoms. The van der Waals surface area contributed by atoms with Gasteiger partial charge in [0.15, 0.2) is 17.3 Å². The number of carbonyl (C=O) groups excluding carboxylic acids is 1. The minimum absolute atomic E-state index is 0.0125. The summed E-state index contributed by atoms with van der Waals surface area (Å²) >= 11 is 1.27. The number of nitrogens with zero attached hydrogens (tertiary/aromatic N) is 4. The fourth-order valence-electron chi connectivity index (χ4n) is 5.10. The first-order chi connectivity index (χ1) is 19.8. The second-order valence-corrected chi connectivity index (χ2v) is 10.8. The van der Waals surface area contributed by atoms with Crippen LogP contribution in [0, 0.1) is 22.9 Å². The van der Waals surface area contributed by atoms with E-state index in [-0.39, 0.29) is 28.8 Å². The highest BCUT2D eigenvalue weighted by atomic mass is 32.1. The van der Waals surface area contributed by atoms with Crippen molar-refractivity contribution in [2.75, 3.05) is 20.3 Å². The Labute approximate surface area is 237 Å². The van der Waals surface area contributed by atoms with Gasteiger partial charge in [-0.2, -0.15) is 4.73 Å². The summed E-state index contributed by atoms with van der Waals surface area (Å²) in [5.41, 5.74) is 1.62. The Bertz CT molecular complexity index is 1780. The lowest BCUT2D eigenvalue weighted by molar-refractivity contribution is -0.384. The molecule has 6 rings (SSSR count). The molecular formula is C29H25FN4O6S. The fourth-order valence-corrected chi connectivity index (χ4v) is 6.12. The molecule has 41 heavy (non-hydrogen) atoms. The predicted octanol–water partition coefficient (Wildman–Crippen LogP) is 6.49. The lowest BCUT2D eigenvalue weighted by atomic mass is 10.2. The summed E-state index contributed by atoms with van der Waals surface area (Å²) in [5.74, 6) is 0.121. The predicted molar refractivity (Wildman–Crippen MR) is 151 cm³/mol. The van der Waals surface area contributed by atoms with Crippen LogP contribution in [0.25, 0.3) is 21.1 Å². The number of hydrogen-bond acceptors (Lipinski definition) is 8. The van der Waals surface area contributed by atoms with Crippen LogP contribution in [0.2, 0.25) is 0 Å². The van der Waals surface area contributed by atoms with Crippen molar-refractivity contribution in [1.29, 1.82) is 0 Å². The number of pyridine rings is 1. The number of amides is 1. The largest absolute Gasteiger partial charge is 0.453 e. The van der Waals surface area contributed by atoms with Gasteiger partial charge in [0.25, 0.3) is 11.6 Å². The van der Waals surface area contributed by atoms with Crippen molar-refractivity contribution < 1.29 is 28.4 Å². The van der Waals surface area contributed by atoms with Crippen LogP contribution >= 0.6 is 11.3 Å². The molecular weight excluding hydrogens is 551 g/mol. The Kier molecular flexibility index (Phi) is 7.01. The van der Waals surface area contributed by atoms with Gasteiger partial charge in [0.2, 0.25) is 0 Å². The van der Waals surface area contributed by atoms with E-state index < -0.39 is 10.7 Å². The lowest BCUT2D eigenvalue weighted by Crippen LogP contribution is -2.37. The molecule has 0 bridgehead atoms. The Morgan fingerprint density at radius 3 is 2.73 bits per heavy atom. The number of methoxy groups -OCH3 is 1. The molecule has 5 aromatic rings. The molecule has 1 unspecified atom stereocenters. The van der Waals surface area contributed by atoms with Gasteiger partial charge in [-0.25, -0.2) is 4.39 Å². The van der Waals surface area contributed by atoms with Gasteiger partial charge in [-0.3, -0.25) is 19.9 Å². The minimum atomic E-state index is -0.575. The summed E-state index contributed by atoms with van der Waals surface area (Å²) in [6, 6.07) is 13.9. The zero-order valence-corrected chi connectivity index (χ0v) is 23.0. The molecule has 1 aliphatic rings. The molecule has 2 aromatic carbocycles. The Morgan fingerprint density at radius 1 is 1.17 bits per heavy atom. The molecule has 210 valence electrons. The summed E-state index contributed by atoms with van der Waals surface area (Å²) in [6.45, 7) is 2.93. The maximum Gasteiger partial charge on any atom is 0.269 e. The smallest absolute Gasteiger partial charge is 0.269 e. The summed E-state index contributed by atoms with van der Waals surface area (Å²) in [4.78, 5) is 36.4. The van der Waals surface area contributed by atoms with Gasteiger partial charge in [-0.1, -0.05) is 0 Å². The Hall–Kier alpha value is -4.55. The number of hydrogen-bond donors (Lipinski definition) is 0. The minimum Gasteiger partial charge on any atom is -0.453 e. The van der Waals surface area contributed by atoms with E-state index in [0.29, 0.717) is 51.0 Å². The molecule has 0 saturated carbocycles. The van der Waals surface area contributed by atoms with Gasteiger partial charge in [-0.05, 0) is 56.2 Å². The zero-order valence-electron chi connectivity index (χ0n) is 22.2. The number of nitro groups is 1. The summed E-state index contributed by atoms with van der Waals surface area (Å²) in [7, 11) is 1.63. The Morgan fingerprint density at radius 2 is 1.98 bits per heavy atom. The number of halogens is 1. The summed E-state index contributed by atoms with van der Waals surface area (Å²) < 4.78 is 29.2. The maximum atomic E-state index is 15.7. The van der Waals surface area contributed by atoms with Crippen LogP contribution in [-0.2, 0) is 4.74 Å². The maximum absolute atomic E-state index is 15.7. The monoisotopic (exact) mass is 576 g/mol. The second kappa shape index (κ2) is 10.8. The van der Waals surface area contributed by atoms with E-state index in [1.54, 1.807) is 44.5 Å². The lowest BCUT2D eigenvalue weighted by Gasteiger charge is -2.23. The SMILES string of the molecule is COCC1CCCN1C(=O)c1cc2nccc(Oc3ccc4c(cc(C)n4Oc4ccc([N+](=O)[O-])cc4)c3F)c2s1. The van der Waals surface area contributed by atoms with E-state index in [2.05, 4.69) is 4.98 Å². The van der Waals surface area contributed by atoms with Gasteiger partial charge in [-0.15, -0.1) is 11.3 Å². The number of rotatable bonds is 8. The van der Waals surface area contributed by atoms with Gasteiger partial charge < -0.3 is 19.2 Å². The number of non-ortho nitro benzene ring substituents is 1. The first kappa shape index (κ1) is 26.7. The van der Waals surface area contributed by atoms with Crippen molar-refractivity contribution in [1.82, 2.24) is 14.6 Å². The van der Waals surface area contributed by atoms with Crippen molar-refractivity contribution in [3.63, 3.8) is 0 Å². The number of carbonyl (C=O) groups is 1. The average molecular weight is 577 g/mol. The molecule has 0 N–H and O–H groups in total. The molecule has 3 aromatic heterocycles. The van der Waals surface area contributed by atoms with E-state index in [1.807, 2.05) is 4.90 Å². The molecule has 0 spiro atoms. The topological polar surface area (TPSA) is 109 Å². The van der Waals surface area contributed by atoms with Crippen molar-refractivity contribution in [2.24, 2.45) is 0 Å².